The summed E-state index contributed by atoms with van der Waals surface area (Å²) >= 11 is 0. The van der Waals surface area contributed by atoms with Crippen molar-refractivity contribution < 1.29 is 5.11 Å². The Kier molecular flexibility index (Phi) is 4.85. The summed E-state index contributed by atoms with van der Waals surface area (Å²) in [6, 6.07) is 4.61. The number of rotatable bonds is 6. The normalized spacial score (nSPS) is 18.9. The van der Waals surface area contributed by atoms with Gasteiger partial charge in [-0.1, -0.05) is 0 Å². The number of hydrogen-bond acceptors (Lipinski definition) is 4. The van der Waals surface area contributed by atoms with Gasteiger partial charge in [0.05, 0.1) is 5.69 Å². The van der Waals surface area contributed by atoms with E-state index in [0.717, 1.165) is 37.2 Å². The van der Waals surface area contributed by atoms with Crippen LogP contribution in [0.4, 0.5) is 0 Å². The Labute approximate surface area is 131 Å². The van der Waals surface area contributed by atoms with Crippen molar-refractivity contribution in [3.8, 4) is 11.3 Å². The van der Waals surface area contributed by atoms with Crippen molar-refractivity contribution in [3.05, 3.63) is 36.3 Å². The summed E-state index contributed by atoms with van der Waals surface area (Å²) < 4.78 is 1.89. The van der Waals surface area contributed by atoms with Gasteiger partial charge in [0.1, 0.15) is 0 Å². The average molecular weight is 300 g/mol. The molecule has 0 bridgehead atoms. The van der Waals surface area contributed by atoms with E-state index in [1.807, 2.05) is 24.0 Å². The molecule has 3 rings (SSSR count). The quantitative estimate of drug-likeness (QED) is 0.889. The largest absolute Gasteiger partial charge is 0.396 e. The maximum atomic E-state index is 9.06. The molecule has 1 fully saturated rings. The van der Waals surface area contributed by atoms with E-state index >= 15 is 0 Å². The molecule has 2 aromatic rings. The second kappa shape index (κ2) is 7.03. The second-order valence-corrected chi connectivity index (χ2v) is 6.05. The van der Waals surface area contributed by atoms with E-state index in [9.17, 15) is 0 Å². The first-order chi connectivity index (χ1) is 10.8. The number of likely N-dealkylation sites (tertiary alicyclic amines) is 1. The lowest BCUT2D eigenvalue weighted by Gasteiger charge is -2.24. The van der Waals surface area contributed by atoms with E-state index in [0.29, 0.717) is 6.04 Å². The lowest BCUT2D eigenvalue weighted by Crippen LogP contribution is -2.29. The number of nitrogens with zero attached hydrogens (tertiary/aromatic N) is 4. The van der Waals surface area contributed by atoms with Crippen LogP contribution in [-0.2, 0) is 13.6 Å². The van der Waals surface area contributed by atoms with Crippen LogP contribution in [0.2, 0.25) is 0 Å². The van der Waals surface area contributed by atoms with Crippen molar-refractivity contribution >= 4 is 0 Å². The standard InChI is InChI=1S/C17H24N4O/c1-20-12-15(17(19-20)14-5-2-8-18-11-14)13-21-9-3-6-16(21)7-4-10-22/h2,5,8,11-12,16,22H,3-4,6-7,9-10,13H2,1H3. The molecule has 1 atom stereocenters. The summed E-state index contributed by atoms with van der Waals surface area (Å²) in [5.41, 5.74) is 3.36. The topological polar surface area (TPSA) is 54.2 Å². The lowest BCUT2D eigenvalue weighted by molar-refractivity contribution is 0.210. The van der Waals surface area contributed by atoms with Gasteiger partial charge in [-0.15, -0.1) is 0 Å². The minimum atomic E-state index is 0.290. The van der Waals surface area contributed by atoms with E-state index < -0.39 is 0 Å². The molecule has 2 aromatic heterocycles. The Morgan fingerprint density at radius 1 is 1.41 bits per heavy atom. The Hall–Kier alpha value is -1.72. The van der Waals surface area contributed by atoms with E-state index in [2.05, 4.69) is 27.2 Å². The zero-order chi connectivity index (χ0) is 15.4. The third-order valence-corrected chi connectivity index (χ3v) is 4.41. The first-order valence-corrected chi connectivity index (χ1v) is 8.06. The number of aromatic nitrogens is 3. The molecule has 1 unspecified atom stereocenters. The molecular formula is C17H24N4O. The van der Waals surface area contributed by atoms with Crippen LogP contribution in [0, 0.1) is 0 Å². The van der Waals surface area contributed by atoms with Crippen molar-refractivity contribution in [2.24, 2.45) is 7.05 Å². The fourth-order valence-electron chi connectivity index (χ4n) is 3.38. The maximum Gasteiger partial charge on any atom is 0.0983 e. The third kappa shape index (κ3) is 3.36. The zero-order valence-electron chi connectivity index (χ0n) is 13.1. The van der Waals surface area contributed by atoms with Gasteiger partial charge in [-0.25, -0.2) is 0 Å². The molecule has 0 spiro atoms. The Morgan fingerprint density at radius 2 is 2.32 bits per heavy atom. The van der Waals surface area contributed by atoms with Gasteiger partial charge in [0.25, 0.3) is 0 Å². The van der Waals surface area contributed by atoms with Gasteiger partial charge in [0.15, 0.2) is 0 Å². The summed E-state index contributed by atoms with van der Waals surface area (Å²) in [5.74, 6) is 0. The first kappa shape index (κ1) is 15.2. The molecule has 5 nitrogen and oxygen atoms in total. The number of hydrogen-bond donors (Lipinski definition) is 1. The highest BCUT2D eigenvalue weighted by Crippen LogP contribution is 2.27. The van der Waals surface area contributed by atoms with Gasteiger partial charge in [0, 0.05) is 56.0 Å². The third-order valence-electron chi connectivity index (χ3n) is 4.41. The van der Waals surface area contributed by atoms with Crippen molar-refractivity contribution in [1.29, 1.82) is 0 Å². The molecule has 0 amide bonds. The monoisotopic (exact) mass is 300 g/mol. The average Bonchev–Trinajstić information content (AvgIpc) is 3.13. The van der Waals surface area contributed by atoms with Crippen molar-refractivity contribution in [3.63, 3.8) is 0 Å². The number of aryl methyl sites for hydroxylation is 1. The number of pyridine rings is 1. The predicted molar refractivity (Wildman–Crippen MR) is 86.2 cm³/mol. The van der Waals surface area contributed by atoms with Crippen molar-refractivity contribution in [2.45, 2.75) is 38.3 Å². The molecule has 5 heteroatoms. The van der Waals surface area contributed by atoms with Gasteiger partial charge >= 0.3 is 0 Å². The molecule has 0 radical (unpaired) electrons. The molecular weight excluding hydrogens is 276 g/mol. The molecule has 3 heterocycles. The maximum absolute atomic E-state index is 9.06. The summed E-state index contributed by atoms with van der Waals surface area (Å²) in [6.07, 6.45) is 10.2. The van der Waals surface area contributed by atoms with Gasteiger partial charge in [-0.05, 0) is 44.4 Å². The van der Waals surface area contributed by atoms with E-state index in [-0.39, 0.29) is 6.61 Å². The highest BCUT2D eigenvalue weighted by Gasteiger charge is 2.25. The molecule has 0 saturated carbocycles. The minimum absolute atomic E-state index is 0.290. The van der Waals surface area contributed by atoms with Crippen LogP contribution >= 0.6 is 0 Å². The Morgan fingerprint density at radius 3 is 3.09 bits per heavy atom. The van der Waals surface area contributed by atoms with E-state index in [1.165, 1.54) is 18.4 Å². The van der Waals surface area contributed by atoms with Crippen LogP contribution < -0.4 is 0 Å². The summed E-state index contributed by atoms with van der Waals surface area (Å²) in [7, 11) is 1.97. The van der Waals surface area contributed by atoms with Crippen molar-refractivity contribution in [1.82, 2.24) is 19.7 Å². The summed E-state index contributed by atoms with van der Waals surface area (Å²) in [4.78, 5) is 6.74. The Bertz CT molecular complexity index is 596. The lowest BCUT2D eigenvalue weighted by atomic mass is 10.1. The first-order valence-electron chi connectivity index (χ1n) is 8.06. The highest BCUT2D eigenvalue weighted by atomic mass is 16.2. The van der Waals surface area contributed by atoms with Crippen LogP contribution in [0.5, 0.6) is 0 Å². The van der Waals surface area contributed by atoms with E-state index in [4.69, 9.17) is 5.11 Å². The molecule has 0 aromatic carbocycles. The fraction of sp³-hybridized carbons (Fsp3) is 0.529. The molecule has 118 valence electrons. The molecule has 22 heavy (non-hydrogen) atoms. The van der Waals surface area contributed by atoms with Crippen LogP contribution in [0.15, 0.2) is 30.7 Å². The number of aliphatic hydroxyl groups excluding tert-OH is 1. The van der Waals surface area contributed by atoms with Crippen molar-refractivity contribution in [2.75, 3.05) is 13.2 Å². The molecule has 0 aliphatic carbocycles. The van der Waals surface area contributed by atoms with Crippen LogP contribution in [0.3, 0.4) is 0 Å². The van der Waals surface area contributed by atoms with Crippen LogP contribution in [0.25, 0.3) is 11.3 Å². The predicted octanol–water partition coefficient (Wildman–Crippen LogP) is 2.22. The van der Waals surface area contributed by atoms with Gasteiger partial charge in [-0.3, -0.25) is 14.6 Å². The zero-order valence-corrected chi connectivity index (χ0v) is 13.1. The molecule has 1 aliphatic rings. The summed E-state index contributed by atoms with van der Waals surface area (Å²) in [6.45, 7) is 2.35. The van der Waals surface area contributed by atoms with Crippen LogP contribution in [0.1, 0.15) is 31.2 Å². The molecule has 1 saturated heterocycles. The van der Waals surface area contributed by atoms with Gasteiger partial charge in [0.2, 0.25) is 0 Å². The number of aliphatic hydroxyl groups is 1. The second-order valence-electron chi connectivity index (χ2n) is 6.05. The molecule has 1 aliphatic heterocycles. The summed E-state index contributed by atoms with van der Waals surface area (Å²) in [5, 5.41) is 13.7. The van der Waals surface area contributed by atoms with E-state index in [1.54, 1.807) is 6.20 Å². The SMILES string of the molecule is Cn1cc(CN2CCCC2CCCO)c(-c2cccnc2)n1. The minimum Gasteiger partial charge on any atom is -0.396 e. The smallest absolute Gasteiger partial charge is 0.0983 e. The van der Waals surface area contributed by atoms with Gasteiger partial charge < -0.3 is 5.11 Å². The Balaban J connectivity index is 1.78. The van der Waals surface area contributed by atoms with Gasteiger partial charge in [-0.2, -0.15) is 5.10 Å². The molecule has 1 N–H and O–H groups in total. The van der Waals surface area contributed by atoms with Crippen LogP contribution in [-0.4, -0.2) is 44.0 Å². The highest BCUT2D eigenvalue weighted by molar-refractivity contribution is 5.61. The fourth-order valence-corrected chi connectivity index (χ4v) is 3.38.